The molecule has 0 saturated carbocycles. The minimum Gasteiger partial charge on any atom is -0.368 e. The van der Waals surface area contributed by atoms with Crippen LogP contribution in [0.3, 0.4) is 0 Å². The molecule has 5 nitrogen and oxygen atoms in total. The molecule has 2 aromatic heterocycles. The molecule has 1 aliphatic heterocycles. The number of hydrogen-bond acceptors (Lipinski definition) is 3. The predicted octanol–water partition coefficient (Wildman–Crippen LogP) is 5.21. The number of nitrogens with one attached hydrogen (secondary N) is 2. The van der Waals surface area contributed by atoms with Crippen molar-refractivity contribution in [1.29, 1.82) is 0 Å². The molecular formula is C22H30N4OS. The van der Waals surface area contributed by atoms with Gasteiger partial charge < -0.3 is 14.3 Å². The van der Waals surface area contributed by atoms with Crippen LogP contribution in [0.1, 0.15) is 62.7 Å². The Bertz CT molecular complexity index is 1030. The first-order chi connectivity index (χ1) is 13.6. The number of hydrogen-bond donors (Lipinski definition) is 2. The van der Waals surface area contributed by atoms with Gasteiger partial charge in [-0.05, 0) is 49.0 Å². The van der Waals surface area contributed by atoms with Gasteiger partial charge in [-0.15, -0.1) is 0 Å². The van der Waals surface area contributed by atoms with Crippen molar-refractivity contribution < 1.29 is 4.74 Å². The lowest BCUT2D eigenvalue weighted by molar-refractivity contribution is -0.0674. The Morgan fingerprint density at radius 3 is 2.89 bits per heavy atom. The van der Waals surface area contributed by atoms with Gasteiger partial charge in [0.25, 0.3) is 0 Å². The molecule has 1 atom stereocenters. The lowest BCUT2D eigenvalue weighted by Crippen LogP contribution is -2.38. The molecule has 1 aliphatic rings. The van der Waals surface area contributed by atoms with Gasteiger partial charge >= 0.3 is 0 Å². The van der Waals surface area contributed by atoms with E-state index in [-0.39, 0.29) is 5.60 Å². The average molecular weight is 399 g/mol. The standard InChI is InChI=1S/C22H30N4OS/c1-4-7-12-26-18(24-25-21(26)28)14-22(6-3)20-17(11-13-27-22)16-10-8-9-15(5-2)19(16)23-20/h8-10,23H,4-7,11-14H2,1-3H3,(H,25,28). The molecule has 0 saturated heterocycles. The molecule has 0 aliphatic carbocycles. The zero-order chi connectivity index (χ0) is 19.7. The van der Waals surface area contributed by atoms with Crippen LogP contribution in [0, 0.1) is 4.77 Å². The van der Waals surface area contributed by atoms with Crippen LogP contribution >= 0.6 is 12.2 Å². The third-order valence-electron chi connectivity index (χ3n) is 6.18. The second-order valence-electron chi connectivity index (χ2n) is 7.75. The summed E-state index contributed by atoms with van der Waals surface area (Å²) in [6, 6.07) is 6.63. The third kappa shape index (κ3) is 3.12. The first kappa shape index (κ1) is 19.4. The lowest BCUT2D eigenvalue weighted by Gasteiger charge is -2.36. The van der Waals surface area contributed by atoms with Crippen molar-refractivity contribution in [2.75, 3.05) is 6.61 Å². The quantitative estimate of drug-likeness (QED) is 0.538. The normalized spacial score (nSPS) is 19.2. The summed E-state index contributed by atoms with van der Waals surface area (Å²) in [5.41, 5.74) is 4.88. The molecule has 2 N–H and O–H groups in total. The number of ether oxygens (including phenoxy) is 1. The van der Waals surface area contributed by atoms with Crippen LogP contribution in [-0.4, -0.2) is 26.4 Å². The second-order valence-corrected chi connectivity index (χ2v) is 8.13. The summed E-state index contributed by atoms with van der Waals surface area (Å²) < 4.78 is 9.34. The number of fused-ring (bicyclic) bond motifs is 3. The Morgan fingerprint density at radius 1 is 1.29 bits per heavy atom. The van der Waals surface area contributed by atoms with Gasteiger partial charge in [-0.2, -0.15) is 5.10 Å². The summed E-state index contributed by atoms with van der Waals surface area (Å²) in [6.07, 6.45) is 5.81. The highest BCUT2D eigenvalue weighted by Crippen LogP contribution is 2.41. The maximum atomic E-state index is 6.48. The highest BCUT2D eigenvalue weighted by atomic mass is 32.1. The summed E-state index contributed by atoms with van der Waals surface area (Å²) in [7, 11) is 0. The van der Waals surface area contributed by atoms with Gasteiger partial charge in [-0.1, -0.05) is 45.4 Å². The monoisotopic (exact) mass is 398 g/mol. The van der Waals surface area contributed by atoms with E-state index < -0.39 is 0 Å². The summed E-state index contributed by atoms with van der Waals surface area (Å²) in [5.74, 6) is 0.988. The minimum absolute atomic E-state index is 0.386. The van der Waals surface area contributed by atoms with Crippen LogP contribution in [0.5, 0.6) is 0 Å². The molecule has 0 bridgehead atoms. The molecule has 6 heteroatoms. The number of para-hydroxylation sites is 1. The molecule has 3 aromatic rings. The van der Waals surface area contributed by atoms with Crippen molar-refractivity contribution in [2.24, 2.45) is 0 Å². The topological polar surface area (TPSA) is 58.6 Å². The number of H-pyrrole nitrogens is 2. The highest BCUT2D eigenvalue weighted by Gasteiger charge is 2.40. The number of aromatic nitrogens is 4. The van der Waals surface area contributed by atoms with Crippen molar-refractivity contribution in [3.8, 4) is 0 Å². The van der Waals surface area contributed by atoms with E-state index in [1.165, 1.54) is 27.7 Å². The number of nitrogens with zero attached hydrogens (tertiary/aromatic N) is 2. The Labute approximate surface area is 171 Å². The maximum Gasteiger partial charge on any atom is 0.195 e. The van der Waals surface area contributed by atoms with Gasteiger partial charge in [0.1, 0.15) is 11.4 Å². The van der Waals surface area contributed by atoms with E-state index in [4.69, 9.17) is 17.0 Å². The van der Waals surface area contributed by atoms with Crippen molar-refractivity contribution in [3.05, 3.63) is 45.6 Å². The van der Waals surface area contributed by atoms with Crippen LogP contribution in [0.25, 0.3) is 10.9 Å². The maximum absolute atomic E-state index is 6.48. The molecule has 150 valence electrons. The van der Waals surface area contributed by atoms with Crippen molar-refractivity contribution in [2.45, 2.75) is 71.4 Å². The molecule has 4 rings (SSSR count). The van der Waals surface area contributed by atoms with E-state index in [9.17, 15) is 0 Å². The number of unbranched alkanes of at least 4 members (excludes halogenated alkanes) is 1. The van der Waals surface area contributed by atoms with Crippen molar-refractivity contribution >= 4 is 23.1 Å². The second kappa shape index (κ2) is 7.84. The SMILES string of the molecule is CCCCn1c(CC2(CC)OCCc3c2[nH]c2c(CC)cccc32)n[nH]c1=S. The molecular weight excluding hydrogens is 368 g/mol. The zero-order valence-corrected chi connectivity index (χ0v) is 17.9. The fraction of sp³-hybridized carbons (Fsp3) is 0.545. The van der Waals surface area contributed by atoms with Gasteiger partial charge in [-0.3, -0.25) is 5.10 Å². The van der Waals surface area contributed by atoms with Crippen LogP contribution in [0.4, 0.5) is 0 Å². The van der Waals surface area contributed by atoms with Crippen LogP contribution in [-0.2, 0) is 36.1 Å². The summed E-state index contributed by atoms with van der Waals surface area (Å²) in [6.45, 7) is 8.26. The fourth-order valence-electron chi connectivity index (χ4n) is 4.53. The molecule has 28 heavy (non-hydrogen) atoms. The number of rotatable bonds is 7. The zero-order valence-electron chi connectivity index (χ0n) is 17.1. The van der Waals surface area contributed by atoms with Crippen LogP contribution in [0.2, 0.25) is 0 Å². The molecule has 1 unspecified atom stereocenters. The fourth-order valence-corrected chi connectivity index (χ4v) is 4.77. The largest absolute Gasteiger partial charge is 0.368 e. The molecule has 0 amide bonds. The number of benzene rings is 1. The summed E-state index contributed by atoms with van der Waals surface area (Å²) >= 11 is 5.49. The van der Waals surface area contributed by atoms with E-state index in [0.29, 0.717) is 4.77 Å². The smallest absolute Gasteiger partial charge is 0.195 e. The van der Waals surface area contributed by atoms with Gasteiger partial charge in [0, 0.05) is 23.9 Å². The van der Waals surface area contributed by atoms with E-state index >= 15 is 0 Å². The van der Waals surface area contributed by atoms with E-state index in [1.54, 1.807) is 0 Å². The molecule has 0 spiro atoms. The van der Waals surface area contributed by atoms with Crippen molar-refractivity contribution in [3.63, 3.8) is 0 Å². The first-order valence-electron chi connectivity index (χ1n) is 10.5. The molecule has 3 heterocycles. The van der Waals surface area contributed by atoms with Gasteiger partial charge in [0.2, 0.25) is 0 Å². The van der Waals surface area contributed by atoms with Gasteiger partial charge in [0.05, 0.1) is 12.3 Å². The van der Waals surface area contributed by atoms with Crippen LogP contribution in [0.15, 0.2) is 18.2 Å². The molecule has 1 aromatic carbocycles. The van der Waals surface area contributed by atoms with E-state index in [2.05, 4.69) is 58.7 Å². The number of aryl methyl sites for hydroxylation is 1. The molecule has 0 radical (unpaired) electrons. The Balaban J connectivity index is 1.81. The molecule has 0 fully saturated rings. The average Bonchev–Trinajstić information content (AvgIpc) is 3.27. The minimum atomic E-state index is -0.386. The summed E-state index contributed by atoms with van der Waals surface area (Å²) in [5, 5.41) is 8.91. The Morgan fingerprint density at radius 2 is 2.14 bits per heavy atom. The van der Waals surface area contributed by atoms with E-state index in [1.807, 2.05) is 0 Å². The Hall–Kier alpha value is -1.92. The van der Waals surface area contributed by atoms with Gasteiger partial charge in [-0.25, -0.2) is 0 Å². The Kier molecular flexibility index (Phi) is 5.43. The highest BCUT2D eigenvalue weighted by molar-refractivity contribution is 7.71. The third-order valence-corrected chi connectivity index (χ3v) is 6.49. The predicted molar refractivity (Wildman–Crippen MR) is 115 cm³/mol. The van der Waals surface area contributed by atoms with Crippen LogP contribution < -0.4 is 0 Å². The van der Waals surface area contributed by atoms with Crippen molar-refractivity contribution in [1.82, 2.24) is 19.7 Å². The van der Waals surface area contributed by atoms with Gasteiger partial charge in [0.15, 0.2) is 4.77 Å². The first-order valence-corrected chi connectivity index (χ1v) is 10.9. The number of aromatic amines is 2. The van der Waals surface area contributed by atoms with E-state index in [0.717, 1.165) is 57.5 Å². The lowest BCUT2D eigenvalue weighted by atomic mass is 9.86. The summed E-state index contributed by atoms with van der Waals surface area (Å²) in [4.78, 5) is 3.77.